The summed E-state index contributed by atoms with van der Waals surface area (Å²) >= 11 is 1.33. The van der Waals surface area contributed by atoms with E-state index in [1.807, 2.05) is 12.4 Å². The summed E-state index contributed by atoms with van der Waals surface area (Å²) in [5.41, 5.74) is 0.639. The van der Waals surface area contributed by atoms with Crippen LogP contribution >= 0.6 is 11.8 Å². The normalized spacial score (nSPS) is 17.0. The van der Waals surface area contributed by atoms with E-state index in [1.165, 1.54) is 16.7 Å². The van der Waals surface area contributed by atoms with E-state index in [2.05, 4.69) is 15.6 Å². The monoisotopic (exact) mass is 331 g/mol. The Hall–Kier alpha value is -2.53. The van der Waals surface area contributed by atoms with E-state index in [-0.39, 0.29) is 18.5 Å². The molecule has 1 aromatic carbocycles. The Labute approximate surface area is 138 Å². The molecule has 1 saturated heterocycles. The summed E-state index contributed by atoms with van der Waals surface area (Å²) in [5, 5.41) is 14.2. The average molecular weight is 331 g/mol. The van der Waals surface area contributed by atoms with Gasteiger partial charge >= 0.3 is 6.03 Å². The highest BCUT2D eigenvalue weighted by molar-refractivity contribution is 8.13. The number of nitrogens with one attached hydrogen (secondary N) is 2. The van der Waals surface area contributed by atoms with Crippen LogP contribution in [0.2, 0.25) is 0 Å². The van der Waals surface area contributed by atoms with Crippen LogP contribution in [-0.4, -0.2) is 33.8 Å². The molecule has 8 heteroatoms. The zero-order valence-corrected chi connectivity index (χ0v) is 13.9. The molecule has 3 amide bonds. The van der Waals surface area contributed by atoms with Crippen molar-refractivity contribution in [3.63, 3.8) is 0 Å². The van der Waals surface area contributed by atoms with E-state index in [4.69, 9.17) is 5.26 Å². The highest BCUT2D eigenvalue weighted by atomic mass is 32.2. The lowest BCUT2D eigenvalue weighted by atomic mass is 10.1. The van der Waals surface area contributed by atoms with E-state index < -0.39 is 5.54 Å². The largest absolute Gasteiger partial charge is 0.325 e. The molecule has 0 radical (unpaired) electrons. The Kier molecular flexibility index (Phi) is 4.91. The Morgan fingerprint density at radius 3 is 2.52 bits per heavy atom. The van der Waals surface area contributed by atoms with Crippen molar-refractivity contribution in [1.29, 1.82) is 5.26 Å². The number of rotatable bonds is 3. The molecule has 23 heavy (non-hydrogen) atoms. The molecule has 0 saturated carbocycles. The predicted molar refractivity (Wildman–Crippen MR) is 89.0 cm³/mol. The van der Waals surface area contributed by atoms with Crippen LogP contribution in [0.3, 0.4) is 0 Å². The van der Waals surface area contributed by atoms with E-state index in [9.17, 15) is 9.59 Å². The van der Waals surface area contributed by atoms with Crippen LogP contribution in [-0.2, 0) is 11.3 Å². The molecule has 2 rings (SSSR count). The molecule has 0 aliphatic carbocycles. The number of nitriles is 1. The van der Waals surface area contributed by atoms with Gasteiger partial charge in [0.25, 0.3) is 5.91 Å². The summed E-state index contributed by atoms with van der Waals surface area (Å²) in [4.78, 5) is 29.5. The topological polar surface area (TPSA) is 97.6 Å². The van der Waals surface area contributed by atoms with Crippen molar-refractivity contribution in [1.82, 2.24) is 15.5 Å². The zero-order chi connectivity index (χ0) is 17.0. The van der Waals surface area contributed by atoms with Crippen LogP contribution in [0.4, 0.5) is 10.5 Å². The van der Waals surface area contributed by atoms with Gasteiger partial charge in [-0.15, -0.1) is 0 Å². The van der Waals surface area contributed by atoms with Gasteiger partial charge in [0.2, 0.25) is 0 Å². The van der Waals surface area contributed by atoms with Gasteiger partial charge in [0.15, 0.2) is 11.4 Å². The molecule has 1 fully saturated rings. The van der Waals surface area contributed by atoms with Crippen LogP contribution in [0, 0.1) is 11.5 Å². The van der Waals surface area contributed by atoms with Crippen molar-refractivity contribution in [2.75, 3.05) is 6.26 Å². The van der Waals surface area contributed by atoms with Crippen molar-refractivity contribution in [3.05, 3.63) is 29.8 Å². The second kappa shape index (κ2) is 6.71. The summed E-state index contributed by atoms with van der Waals surface area (Å²) in [6.45, 7) is 3.57. The summed E-state index contributed by atoms with van der Waals surface area (Å²) < 4.78 is 0. The molecule has 2 N–H and O–H groups in total. The Morgan fingerprint density at radius 1 is 1.39 bits per heavy atom. The van der Waals surface area contributed by atoms with Crippen LogP contribution in [0.5, 0.6) is 0 Å². The molecule has 1 aromatic rings. The highest BCUT2D eigenvalue weighted by Gasteiger charge is 2.43. The van der Waals surface area contributed by atoms with Gasteiger partial charge in [0.05, 0.1) is 12.2 Å². The van der Waals surface area contributed by atoms with Crippen molar-refractivity contribution in [2.24, 2.45) is 4.99 Å². The number of hydrogen-bond acceptors (Lipinski definition) is 5. The molecule has 1 aliphatic rings. The van der Waals surface area contributed by atoms with Crippen molar-refractivity contribution >= 4 is 34.6 Å². The van der Waals surface area contributed by atoms with Gasteiger partial charge in [-0.25, -0.2) is 9.79 Å². The number of thioether (sulfide) groups is 1. The fraction of sp³-hybridized carbons (Fsp3) is 0.333. The molecule has 0 unspecified atom stereocenters. The van der Waals surface area contributed by atoms with Gasteiger partial charge in [-0.05, 0) is 37.8 Å². The average Bonchev–Trinajstić information content (AvgIpc) is 2.70. The van der Waals surface area contributed by atoms with Crippen LogP contribution < -0.4 is 10.6 Å². The molecule has 1 aliphatic heterocycles. The SMILES string of the molecule is CSC(=Nc1ccc(CN2C(=O)NC(C)(C)C2=O)cc1)NC#N. The first kappa shape index (κ1) is 16.8. The number of nitrogens with zero attached hydrogens (tertiary/aromatic N) is 3. The van der Waals surface area contributed by atoms with Gasteiger partial charge in [-0.1, -0.05) is 23.9 Å². The van der Waals surface area contributed by atoms with Crippen molar-refractivity contribution in [3.8, 4) is 6.19 Å². The quantitative estimate of drug-likeness (QED) is 0.290. The van der Waals surface area contributed by atoms with E-state index in [1.54, 1.807) is 38.1 Å². The molecular weight excluding hydrogens is 314 g/mol. The van der Waals surface area contributed by atoms with Crippen LogP contribution in [0.25, 0.3) is 0 Å². The second-order valence-electron chi connectivity index (χ2n) is 5.47. The Morgan fingerprint density at radius 2 is 2.04 bits per heavy atom. The number of benzene rings is 1. The van der Waals surface area contributed by atoms with E-state index in [0.717, 1.165) is 5.56 Å². The van der Waals surface area contributed by atoms with Crippen molar-refractivity contribution in [2.45, 2.75) is 25.9 Å². The van der Waals surface area contributed by atoms with Crippen LogP contribution in [0.1, 0.15) is 19.4 Å². The Bertz CT molecular complexity index is 691. The minimum atomic E-state index is -0.864. The number of amides is 3. The van der Waals surface area contributed by atoms with E-state index in [0.29, 0.717) is 10.9 Å². The number of hydrogen-bond donors (Lipinski definition) is 2. The van der Waals surface area contributed by atoms with Gasteiger partial charge in [0.1, 0.15) is 5.54 Å². The summed E-state index contributed by atoms with van der Waals surface area (Å²) in [6.07, 6.45) is 3.64. The second-order valence-corrected chi connectivity index (χ2v) is 6.27. The standard InChI is InChI=1S/C15H17N5O2S/c1-15(2)12(21)20(14(22)19-15)8-10-4-6-11(7-5-10)18-13(23-3)17-9-16/h4-7H,8H2,1-3H3,(H,17,18)(H,19,22). The molecule has 1 heterocycles. The molecule has 0 spiro atoms. The molecule has 0 bridgehead atoms. The number of carbonyl (C=O) groups is 2. The summed E-state index contributed by atoms with van der Waals surface area (Å²) in [5.74, 6) is -0.243. The maximum atomic E-state index is 12.1. The van der Waals surface area contributed by atoms with E-state index >= 15 is 0 Å². The minimum absolute atomic E-state index is 0.212. The van der Waals surface area contributed by atoms with Gasteiger partial charge in [-0.2, -0.15) is 5.26 Å². The van der Waals surface area contributed by atoms with Crippen LogP contribution in [0.15, 0.2) is 29.3 Å². The number of amidine groups is 1. The highest BCUT2D eigenvalue weighted by Crippen LogP contribution is 2.21. The first-order chi connectivity index (χ1) is 10.9. The maximum absolute atomic E-state index is 12.1. The lowest BCUT2D eigenvalue weighted by Gasteiger charge is -2.16. The summed E-state index contributed by atoms with van der Waals surface area (Å²) in [6, 6.07) is 6.76. The third-order valence-electron chi connectivity index (χ3n) is 3.31. The number of aliphatic imine (C=N–C) groups is 1. The number of imide groups is 1. The third kappa shape index (κ3) is 3.81. The van der Waals surface area contributed by atoms with Gasteiger partial charge in [0, 0.05) is 0 Å². The third-order valence-corrected chi connectivity index (χ3v) is 3.89. The smallest absolute Gasteiger partial charge is 0.324 e. The number of urea groups is 1. The van der Waals surface area contributed by atoms with Gasteiger partial charge in [-0.3, -0.25) is 15.0 Å². The fourth-order valence-electron chi connectivity index (χ4n) is 2.11. The first-order valence-electron chi connectivity index (χ1n) is 6.88. The zero-order valence-electron chi connectivity index (χ0n) is 13.1. The molecule has 7 nitrogen and oxygen atoms in total. The predicted octanol–water partition coefficient (Wildman–Crippen LogP) is 1.94. The first-order valence-corrected chi connectivity index (χ1v) is 8.10. The Balaban J connectivity index is 2.11. The molecule has 120 valence electrons. The molecule has 0 atom stereocenters. The molecular formula is C15H17N5O2S. The molecule has 0 aromatic heterocycles. The summed E-state index contributed by atoms with van der Waals surface area (Å²) in [7, 11) is 0. The number of carbonyl (C=O) groups excluding carboxylic acids is 2. The lowest BCUT2D eigenvalue weighted by molar-refractivity contribution is -0.130. The maximum Gasteiger partial charge on any atom is 0.325 e. The van der Waals surface area contributed by atoms with Gasteiger partial charge < -0.3 is 5.32 Å². The minimum Gasteiger partial charge on any atom is -0.324 e. The van der Waals surface area contributed by atoms with Crippen molar-refractivity contribution < 1.29 is 9.59 Å². The fourth-order valence-corrected chi connectivity index (χ4v) is 2.45. The lowest BCUT2D eigenvalue weighted by Crippen LogP contribution is -2.40.